The van der Waals surface area contributed by atoms with Gasteiger partial charge in [-0.25, -0.2) is 0 Å². The average Bonchev–Trinajstić information content (AvgIpc) is 2.36. The summed E-state index contributed by atoms with van der Waals surface area (Å²) in [5.41, 5.74) is 0.818. The number of hydrogen-bond acceptors (Lipinski definition) is 3. The zero-order valence-electron chi connectivity index (χ0n) is 10.4. The highest BCUT2D eigenvalue weighted by molar-refractivity contribution is 9.10. The van der Waals surface area contributed by atoms with Crippen LogP contribution in [0, 0.1) is 0 Å². The molecule has 0 aliphatic carbocycles. The molecule has 0 amide bonds. The first-order valence-electron chi connectivity index (χ1n) is 5.95. The van der Waals surface area contributed by atoms with Crippen LogP contribution in [0.3, 0.4) is 0 Å². The lowest BCUT2D eigenvalue weighted by Crippen LogP contribution is -2.28. The second-order valence-corrected chi connectivity index (χ2v) is 4.70. The molecule has 0 fully saturated rings. The van der Waals surface area contributed by atoms with Crippen LogP contribution >= 0.6 is 15.9 Å². The number of aliphatic hydroxyl groups is 1. The van der Waals surface area contributed by atoms with E-state index in [1.54, 1.807) is 0 Å². The molecule has 3 nitrogen and oxygen atoms in total. The molecular weight excluding hydrogens is 282 g/mol. The molecule has 0 atom stereocenters. The summed E-state index contributed by atoms with van der Waals surface area (Å²) in [7, 11) is 0. The molecule has 0 bridgehead atoms. The molecule has 17 heavy (non-hydrogen) atoms. The van der Waals surface area contributed by atoms with Crippen LogP contribution in [0.15, 0.2) is 22.7 Å². The van der Waals surface area contributed by atoms with Gasteiger partial charge in [0.15, 0.2) is 0 Å². The van der Waals surface area contributed by atoms with Gasteiger partial charge in [-0.3, -0.25) is 0 Å². The van der Waals surface area contributed by atoms with Crippen LogP contribution in [0.4, 0.5) is 0 Å². The summed E-state index contributed by atoms with van der Waals surface area (Å²) < 4.78 is 6.65. The SMILES string of the molecule is CCN(CC)CCOc1ccc(Br)cc1CO. The number of aliphatic hydroxyl groups excluding tert-OH is 1. The fourth-order valence-electron chi connectivity index (χ4n) is 1.64. The molecule has 0 saturated carbocycles. The quantitative estimate of drug-likeness (QED) is 0.840. The van der Waals surface area contributed by atoms with E-state index in [1.165, 1.54) is 0 Å². The normalized spacial score (nSPS) is 10.9. The third-order valence-electron chi connectivity index (χ3n) is 2.75. The summed E-state index contributed by atoms with van der Waals surface area (Å²) in [6, 6.07) is 5.69. The monoisotopic (exact) mass is 301 g/mol. The topological polar surface area (TPSA) is 32.7 Å². The smallest absolute Gasteiger partial charge is 0.124 e. The minimum Gasteiger partial charge on any atom is -0.492 e. The summed E-state index contributed by atoms with van der Waals surface area (Å²) in [6.07, 6.45) is 0. The molecule has 4 heteroatoms. The molecule has 0 unspecified atom stereocenters. The molecule has 0 radical (unpaired) electrons. The van der Waals surface area contributed by atoms with E-state index in [1.807, 2.05) is 18.2 Å². The molecule has 0 aliphatic heterocycles. The summed E-state index contributed by atoms with van der Waals surface area (Å²) >= 11 is 3.38. The maximum absolute atomic E-state index is 9.23. The van der Waals surface area contributed by atoms with Gasteiger partial charge in [-0.1, -0.05) is 29.8 Å². The lowest BCUT2D eigenvalue weighted by atomic mass is 10.2. The molecule has 0 saturated heterocycles. The Bertz CT molecular complexity index is 340. The van der Waals surface area contributed by atoms with Gasteiger partial charge in [-0.2, -0.15) is 0 Å². The van der Waals surface area contributed by atoms with Crippen molar-refractivity contribution in [2.24, 2.45) is 0 Å². The highest BCUT2D eigenvalue weighted by Crippen LogP contribution is 2.23. The van der Waals surface area contributed by atoms with Crippen LogP contribution in [0.1, 0.15) is 19.4 Å². The maximum atomic E-state index is 9.23. The molecule has 0 aliphatic rings. The Morgan fingerprint density at radius 3 is 2.59 bits per heavy atom. The van der Waals surface area contributed by atoms with Gasteiger partial charge in [0.2, 0.25) is 0 Å². The minimum absolute atomic E-state index is 0.0000428. The zero-order chi connectivity index (χ0) is 12.7. The Morgan fingerprint density at radius 2 is 2.00 bits per heavy atom. The first-order valence-corrected chi connectivity index (χ1v) is 6.75. The van der Waals surface area contributed by atoms with Gasteiger partial charge in [0, 0.05) is 16.6 Å². The Balaban J connectivity index is 2.51. The van der Waals surface area contributed by atoms with E-state index in [4.69, 9.17) is 4.74 Å². The van der Waals surface area contributed by atoms with E-state index in [0.717, 1.165) is 35.4 Å². The Morgan fingerprint density at radius 1 is 1.29 bits per heavy atom. The van der Waals surface area contributed by atoms with Crippen molar-refractivity contribution < 1.29 is 9.84 Å². The van der Waals surface area contributed by atoms with Crippen molar-refractivity contribution in [3.63, 3.8) is 0 Å². The summed E-state index contributed by atoms with van der Waals surface area (Å²) in [5, 5.41) is 9.23. The standard InChI is InChI=1S/C13H20BrNO2/c1-3-15(4-2)7-8-17-13-6-5-12(14)9-11(13)10-16/h5-6,9,16H,3-4,7-8,10H2,1-2H3. The molecule has 96 valence electrons. The van der Waals surface area contributed by atoms with Crippen LogP contribution in [0.2, 0.25) is 0 Å². The molecule has 0 heterocycles. The number of likely N-dealkylation sites (N-methyl/N-ethyl adjacent to an activating group) is 1. The van der Waals surface area contributed by atoms with Crippen LogP contribution in [0.5, 0.6) is 5.75 Å². The van der Waals surface area contributed by atoms with E-state index in [2.05, 4.69) is 34.7 Å². The first-order chi connectivity index (χ1) is 8.21. The maximum Gasteiger partial charge on any atom is 0.124 e. The third kappa shape index (κ3) is 4.66. The van der Waals surface area contributed by atoms with Gasteiger partial charge >= 0.3 is 0 Å². The predicted octanol–water partition coefficient (Wildman–Crippen LogP) is 2.66. The van der Waals surface area contributed by atoms with Crippen molar-refractivity contribution in [3.8, 4) is 5.75 Å². The zero-order valence-corrected chi connectivity index (χ0v) is 12.0. The minimum atomic E-state index is 0.0000428. The third-order valence-corrected chi connectivity index (χ3v) is 3.25. The number of benzene rings is 1. The van der Waals surface area contributed by atoms with Crippen LogP contribution in [-0.4, -0.2) is 36.2 Å². The number of rotatable bonds is 7. The molecule has 1 aromatic carbocycles. The number of halogens is 1. The second kappa shape index (κ2) is 7.69. The molecule has 1 aromatic rings. The van der Waals surface area contributed by atoms with E-state index >= 15 is 0 Å². The van der Waals surface area contributed by atoms with Crippen molar-refractivity contribution in [3.05, 3.63) is 28.2 Å². The number of hydrogen-bond donors (Lipinski definition) is 1. The number of nitrogens with zero attached hydrogens (tertiary/aromatic N) is 1. The Kier molecular flexibility index (Phi) is 6.55. The molecule has 0 spiro atoms. The van der Waals surface area contributed by atoms with Gasteiger partial charge in [0.05, 0.1) is 6.61 Å². The fraction of sp³-hybridized carbons (Fsp3) is 0.538. The Labute approximate surface area is 112 Å². The van der Waals surface area contributed by atoms with Gasteiger partial charge in [-0.05, 0) is 31.3 Å². The van der Waals surface area contributed by atoms with E-state index in [0.29, 0.717) is 6.61 Å². The fourth-order valence-corrected chi connectivity index (χ4v) is 2.05. The largest absolute Gasteiger partial charge is 0.492 e. The summed E-state index contributed by atoms with van der Waals surface area (Å²) in [5.74, 6) is 0.767. The van der Waals surface area contributed by atoms with Crippen molar-refractivity contribution in [2.75, 3.05) is 26.2 Å². The number of ether oxygens (including phenoxy) is 1. The lowest BCUT2D eigenvalue weighted by molar-refractivity contribution is 0.215. The van der Waals surface area contributed by atoms with Crippen molar-refractivity contribution >= 4 is 15.9 Å². The second-order valence-electron chi connectivity index (χ2n) is 3.79. The summed E-state index contributed by atoms with van der Waals surface area (Å²) in [6.45, 7) is 7.91. The molecule has 1 rings (SSSR count). The van der Waals surface area contributed by atoms with Crippen molar-refractivity contribution in [1.82, 2.24) is 4.90 Å². The highest BCUT2D eigenvalue weighted by atomic mass is 79.9. The van der Waals surface area contributed by atoms with E-state index in [9.17, 15) is 5.11 Å². The van der Waals surface area contributed by atoms with Crippen molar-refractivity contribution in [1.29, 1.82) is 0 Å². The lowest BCUT2D eigenvalue weighted by Gasteiger charge is -2.18. The first kappa shape index (κ1) is 14.5. The molecule has 0 aromatic heterocycles. The van der Waals surface area contributed by atoms with E-state index < -0.39 is 0 Å². The van der Waals surface area contributed by atoms with Crippen LogP contribution in [0.25, 0.3) is 0 Å². The van der Waals surface area contributed by atoms with Gasteiger partial charge in [-0.15, -0.1) is 0 Å². The predicted molar refractivity (Wildman–Crippen MR) is 73.3 cm³/mol. The van der Waals surface area contributed by atoms with Crippen molar-refractivity contribution in [2.45, 2.75) is 20.5 Å². The Hall–Kier alpha value is -0.580. The average molecular weight is 302 g/mol. The summed E-state index contributed by atoms with van der Waals surface area (Å²) in [4.78, 5) is 2.30. The van der Waals surface area contributed by atoms with Crippen LogP contribution in [-0.2, 0) is 6.61 Å². The van der Waals surface area contributed by atoms with Crippen LogP contribution < -0.4 is 4.74 Å². The molecule has 1 N–H and O–H groups in total. The van der Waals surface area contributed by atoms with E-state index in [-0.39, 0.29) is 6.61 Å². The molecular formula is C13H20BrNO2. The highest BCUT2D eigenvalue weighted by Gasteiger charge is 2.04. The van der Waals surface area contributed by atoms with Gasteiger partial charge in [0.25, 0.3) is 0 Å². The van der Waals surface area contributed by atoms with Gasteiger partial charge in [0.1, 0.15) is 12.4 Å². The van der Waals surface area contributed by atoms with Gasteiger partial charge < -0.3 is 14.7 Å².